The number of hydrogen-bond acceptors (Lipinski definition) is 5. The van der Waals surface area contributed by atoms with E-state index in [2.05, 4.69) is 22.1 Å². The van der Waals surface area contributed by atoms with Crippen molar-refractivity contribution in [1.29, 1.82) is 0 Å². The van der Waals surface area contributed by atoms with E-state index >= 15 is 0 Å². The molecule has 1 amide bonds. The molecule has 6 heteroatoms. The Morgan fingerprint density at radius 1 is 1.42 bits per heavy atom. The molecule has 1 unspecified atom stereocenters. The number of likely N-dealkylation sites (tertiary alicyclic amines) is 1. The molecule has 24 heavy (non-hydrogen) atoms. The third-order valence-corrected chi connectivity index (χ3v) is 5.08. The lowest BCUT2D eigenvalue weighted by atomic mass is 10.0. The van der Waals surface area contributed by atoms with Crippen LogP contribution in [0, 0.1) is 5.92 Å². The fraction of sp³-hybridized carbons (Fsp3) is 0.444. The van der Waals surface area contributed by atoms with Gasteiger partial charge in [-0.25, -0.2) is 4.98 Å². The van der Waals surface area contributed by atoms with E-state index < -0.39 is 0 Å². The zero-order valence-corrected chi connectivity index (χ0v) is 14.8. The minimum Gasteiger partial charge on any atom is -0.399 e. The summed E-state index contributed by atoms with van der Waals surface area (Å²) in [4.78, 5) is 19.1. The number of carbonyl (C=O) groups is 1. The van der Waals surface area contributed by atoms with Crippen LogP contribution in [0.3, 0.4) is 0 Å². The second-order valence-electron chi connectivity index (χ2n) is 6.59. The summed E-state index contributed by atoms with van der Waals surface area (Å²) in [5.41, 5.74) is 8.34. The van der Waals surface area contributed by atoms with Gasteiger partial charge in [0.15, 0.2) is 5.13 Å². The predicted octanol–water partition coefficient (Wildman–Crippen LogP) is 3.14. The Hall–Kier alpha value is -1.92. The second-order valence-corrected chi connectivity index (χ2v) is 7.45. The fourth-order valence-electron chi connectivity index (χ4n) is 3.08. The topological polar surface area (TPSA) is 71.2 Å². The van der Waals surface area contributed by atoms with E-state index in [0.29, 0.717) is 17.2 Å². The molecule has 0 radical (unpaired) electrons. The number of rotatable bonds is 5. The van der Waals surface area contributed by atoms with Gasteiger partial charge in [0.1, 0.15) is 0 Å². The van der Waals surface area contributed by atoms with E-state index in [1.165, 1.54) is 24.2 Å². The summed E-state index contributed by atoms with van der Waals surface area (Å²) in [6.07, 6.45) is 2.91. The highest BCUT2D eigenvalue weighted by Crippen LogP contribution is 2.21. The van der Waals surface area contributed by atoms with E-state index in [1.54, 1.807) is 0 Å². The number of amides is 1. The number of thiazole rings is 1. The van der Waals surface area contributed by atoms with E-state index in [1.807, 2.05) is 29.6 Å². The summed E-state index contributed by atoms with van der Waals surface area (Å²) in [7, 11) is 0. The van der Waals surface area contributed by atoms with Gasteiger partial charge in [0.05, 0.1) is 12.1 Å². The van der Waals surface area contributed by atoms with Crippen molar-refractivity contribution in [3.63, 3.8) is 0 Å². The van der Waals surface area contributed by atoms with Crippen LogP contribution >= 0.6 is 11.3 Å². The van der Waals surface area contributed by atoms with Crippen LogP contribution in [0.4, 0.5) is 10.8 Å². The Kier molecular flexibility index (Phi) is 5.48. The smallest absolute Gasteiger partial charge is 0.230 e. The normalized spacial score (nSPS) is 18.5. The summed E-state index contributed by atoms with van der Waals surface area (Å²) in [5, 5.41) is 5.61. The summed E-state index contributed by atoms with van der Waals surface area (Å²) < 4.78 is 0. The highest BCUT2D eigenvalue weighted by Gasteiger charge is 2.17. The quantitative estimate of drug-likeness (QED) is 0.818. The maximum absolute atomic E-state index is 12.1. The number of nitrogen functional groups attached to an aromatic ring is 1. The minimum atomic E-state index is -0.0488. The zero-order chi connectivity index (χ0) is 16.9. The van der Waals surface area contributed by atoms with Gasteiger partial charge in [-0.2, -0.15) is 0 Å². The van der Waals surface area contributed by atoms with Gasteiger partial charge < -0.3 is 11.1 Å². The molecular weight excluding hydrogens is 320 g/mol. The maximum atomic E-state index is 12.1. The summed E-state index contributed by atoms with van der Waals surface area (Å²) in [5.74, 6) is 0.712. The average molecular weight is 344 g/mol. The highest BCUT2D eigenvalue weighted by atomic mass is 32.1. The van der Waals surface area contributed by atoms with Crippen molar-refractivity contribution in [3.8, 4) is 0 Å². The largest absolute Gasteiger partial charge is 0.399 e. The molecule has 1 aliphatic heterocycles. The first-order valence-corrected chi connectivity index (χ1v) is 9.27. The lowest BCUT2D eigenvalue weighted by Crippen LogP contribution is -2.33. The Balaban J connectivity index is 1.51. The van der Waals surface area contributed by atoms with Crippen molar-refractivity contribution in [1.82, 2.24) is 9.88 Å². The van der Waals surface area contributed by atoms with Crippen molar-refractivity contribution in [2.45, 2.75) is 32.7 Å². The summed E-state index contributed by atoms with van der Waals surface area (Å²) in [6, 6.07) is 7.37. The summed E-state index contributed by atoms with van der Waals surface area (Å²) in [6.45, 7) is 5.45. The molecule has 2 heterocycles. The van der Waals surface area contributed by atoms with Crippen LogP contribution in [0.25, 0.3) is 0 Å². The third kappa shape index (κ3) is 4.79. The number of aromatic nitrogens is 1. The van der Waals surface area contributed by atoms with Crippen LogP contribution in [0.5, 0.6) is 0 Å². The average Bonchev–Trinajstić information content (AvgIpc) is 2.96. The van der Waals surface area contributed by atoms with Crippen LogP contribution in [0.15, 0.2) is 29.6 Å². The van der Waals surface area contributed by atoms with Crippen LogP contribution in [0.2, 0.25) is 0 Å². The molecule has 1 aliphatic rings. The van der Waals surface area contributed by atoms with E-state index in [4.69, 9.17) is 5.73 Å². The lowest BCUT2D eigenvalue weighted by Gasteiger charge is -2.30. The molecule has 5 nitrogen and oxygen atoms in total. The number of benzene rings is 1. The number of carbonyl (C=O) groups excluding carboxylic acids is 1. The Morgan fingerprint density at radius 2 is 2.21 bits per heavy atom. The Bertz CT molecular complexity index is 683. The third-order valence-electron chi connectivity index (χ3n) is 4.27. The first-order chi connectivity index (χ1) is 11.6. The Morgan fingerprint density at radius 3 is 2.96 bits per heavy atom. The number of nitrogens with two attached hydrogens (primary N) is 1. The first kappa shape index (κ1) is 16.9. The molecule has 0 aliphatic carbocycles. The number of hydrogen-bond donors (Lipinski definition) is 2. The van der Waals surface area contributed by atoms with Crippen molar-refractivity contribution in [2.24, 2.45) is 5.92 Å². The SMILES string of the molecule is CC1CCCN(Cc2csc(NC(=O)Cc3ccc(N)cc3)n2)C1. The molecule has 3 N–H and O–H groups in total. The standard InChI is InChI=1S/C18H24N4OS/c1-13-3-2-8-22(10-13)11-16-12-24-18(20-16)21-17(23)9-14-4-6-15(19)7-5-14/h4-7,12-13H,2-3,8-11,19H2,1H3,(H,20,21,23). The molecule has 1 saturated heterocycles. The van der Waals surface area contributed by atoms with Gasteiger partial charge in [0.2, 0.25) is 5.91 Å². The van der Waals surface area contributed by atoms with Crippen LogP contribution in [-0.2, 0) is 17.8 Å². The van der Waals surface area contributed by atoms with E-state index in [0.717, 1.165) is 36.8 Å². The van der Waals surface area contributed by atoms with Gasteiger partial charge in [-0.15, -0.1) is 11.3 Å². The number of piperidine rings is 1. The van der Waals surface area contributed by atoms with Gasteiger partial charge in [-0.05, 0) is 43.0 Å². The monoisotopic (exact) mass is 344 g/mol. The zero-order valence-electron chi connectivity index (χ0n) is 14.0. The molecule has 1 atom stereocenters. The van der Waals surface area contributed by atoms with Gasteiger partial charge in [0, 0.05) is 24.2 Å². The van der Waals surface area contributed by atoms with Gasteiger partial charge in [-0.1, -0.05) is 19.1 Å². The van der Waals surface area contributed by atoms with Crippen LogP contribution < -0.4 is 11.1 Å². The Labute approximate surface area is 146 Å². The molecule has 1 fully saturated rings. The molecule has 3 rings (SSSR count). The lowest BCUT2D eigenvalue weighted by molar-refractivity contribution is -0.115. The second kappa shape index (κ2) is 7.77. The molecule has 1 aromatic carbocycles. The molecule has 0 bridgehead atoms. The van der Waals surface area contributed by atoms with Gasteiger partial charge in [-0.3, -0.25) is 9.69 Å². The van der Waals surface area contributed by atoms with Crippen molar-refractivity contribution in [3.05, 3.63) is 40.9 Å². The molecule has 2 aromatic rings. The maximum Gasteiger partial charge on any atom is 0.230 e. The van der Waals surface area contributed by atoms with E-state index in [9.17, 15) is 4.79 Å². The molecule has 1 aromatic heterocycles. The summed E-state index contributed by atoms with van der Waals surface area (Å²) >= 11 is 1.49. The van der Waals surface area contributed by atoms with Crippen molar-refractivity contribution >= 4 is 28.1 Å². The number of anilines is 2. The predicted molar refractivity (Wildman–Crippen MR) is 99.0 cm³/mol. The fourth-order valence-corrected chi connectivity index (χ4v) is 3.80. The molecule has 128 valence electrons. The minimum absolute atomic E-state index is 0.0488. The number of nitrogens with one attached hydrogen (secondary N) is 1. The van der Waals surface area contributed by atoms with Gasteiger partial charge >= 0.3 is 0 Å². The van der Waals surface area contributed by atoms with Gasteiger partial charge in [0.25, 0.3) is 0 Å². The highest BCUT2D eigenvalue weighted by molar-refractivity contribution is 7.13. The first-order valence-electron chi connectivity index (χ1n) is 8.39. The molecule has 0 saturated carbocycles. The number of nitrogens with zero attached hydrogens (tertiary/aromatic N) is 2. The van der Waals surface area contributed by atoms with Crippen LogP contribution in [-0.4, -0.2) is 28.9 Å². The van der Waals surface area contributed by atoms with Crippen molar-refractivity contribution in [2.75, 3.05) is 24.1 Å². The van der Waals surface area contributed by atoms with Crippen LogP contribution in [0.1, 0.15) is 31.0 Å². The van der Waals surface area contributed by atoms with Crippen molar-refractivity contribution < 1.29 is 4.79 Å². The van der Waals surface area contributed by atoms with E-state index in [-0.39, 0.29) is 5.91 Å². The molecular formula is C18H24N4OS. The molecule has 0 spiro atoms.